The Kier molecular flexibility index (Phi) is 2.75. The van der Waals surface area contributed by atoms with Gasteiger partial charge in [0.15, 0.2) is 9.84 Å². The molecule has 0 aliphatic rings. The smallest absolute Gasteiger partial charge is 0.182 e. The van der Waals surface area contributed by atoms with Crippen LogP contribution < -0.4 is 0 Å². The van der Waals surface area contributed by atoms with Crippen LogP contribution in [0.5, 0.6) is 0 Å². The van der Waals surface area contributed by atoms with Crippen molar-refractivity contribution in [3.63, 3.8) is 0 Å². The zero-order valence-electron chi connectivity index (χ0n) is 6.49. The summed E-state index contributed by atoms with van der Waals surface area (Å²) >= 11 is 5.63. The Labute approximate surface area is 77.1 Å². The van der Waals surface area contributed by atoms with Crippen LogP contribution in [0.2, 0.25) is 5.02 Å². The second-order valence-corrected chi connectivity index (χ2v) is 4.71. The normalized spacial score (nSPS) is 11.5. The quantitative estimate of drug-likeness (QED) is 0.739. The molecule has 0 bridgehead atoms. The fourth-order valence-electron chi connectivity index (χ4n) is 0.780. The van der Waals surface area contributed by atoms with E-state index in [1.165, 1.54) is 19.1 Å². The van der Waals surface area contributed by atoms with Crippen molar-refractivity contribution in [2.24, 2.45) is 0 Å². The Morgan fingerprint density at radius 3 is 2.58 bits per heavy atom. The molecule has 0 unspecified atom stereocenters. The highest BCUT2D eigenvalue weighted by Crippen LogP contribution is 2.17. The van der Waals surface area contributed by atoms with Gasteiger partial charge in [0.1, 0.15) is 0 Å². The second-order valence-electron chi connectivity index (χ2n) is 2.24. The molecule has 0 aliphatic carbocycles. The Morgan fingerprint density at radius 2 is 2.08 bits per heavy atom. The van der Waals surface area contributed by atoms with E-state index in [0.29, 0.717) is 5.02 Å². The molecule has 1 radical (unpaired) electrons. The molecule has 4 heteroatoms. The Hall–Kier alpha value is -0.540. The van der Waals surface area contributed by atoms with E-state index in [9.17, 15) is 8.42 Å². The second kappa shape index (κ2) is 3.46. The SMILES string of the molecule is C[CH]S(=O)(=O)c1cccc(Cl)c1. The van der Waals surface area contributed by atoms with Gasteiger partial charge in [0.2, 0.25) is 0 Å². The molecule has 0 saturated heterocycles. The third-order valence-corrected chi connectivity index (χ3v) is 3.20. The number of halogens is 1. The van der Waals surface area contributed by atoms with Gasteiger partial charge in [-0.15, -0.1) is 0 Å². The largest absolute Gasteiger partial charge is 0.223 e. The van der Waals surface area contributed by atoms with Crippen LogP contribution in [-0.2, 0) is 9.84 Å². The summed E-state index contributed by atoms with van der Waals surface area (Å²) in [7, 11) is -3.23. The van der Waals surface area contributed by atoms with Crippen LogP contribution in [-0.4, -0.2) is 8.42 Å². The maximum absolute atomic E-state index is 11.2. The third-order valence-electron chi connectivity index (χ3n) is 1.43. The van der Waals surface area contributed by atoms with Crippen molar-refractivity contribution in [3.8, 4) is 0 Å². The van der Waals surface area contributed by atoms with Gasteiger partial charge in [-0.25, -0.2) is 8.42 Å². The number of benzene rings is 1. The zero-order valence-corrected chi connectivity index (χ0v) is 8.06. The van der Waals surface area contributed by atoms with Crippen LogP contribution in [0.1, 0.15) is 6.92 Å². The summed E-state index contributed by atoms with van der Waals surface area (Å²) in [5.41, 5.74) is 0. The number of hydrogen-bond acceptors (Lipinski definition) is 2. The number of rotatable bonds is 2. The average Bonchev–Trinajstić information content (AvgIpc) is 2.05. The molecule has 2 nitrogen and oxygen atoms in total. The monoisotopic (exact) mass is 203 g/mol. The van der Waals surface area contributed by atoms with Gasteiger partial charge in [-0.3, -0.25) is 0 Å². The first-order valence-corrected chi connectivity index (χ1v) is 5.29. The summed E-state index contributed by atoms with van der Waals surface area (Å²) in [6, 6.07) is 6.19. The van der Waals surface area contributed by atoms with Gasteiger partial charge in [0.05, 0.1) is 10.6 Å². The summed E-state index contributed by atoms with van der Waals surface area (Å²) in [6.45, 7) is 1.48. The van der Waals surface area contributed by atoms with E-state index < -0.39 is 9.84 Å². The lowest BCUT2D eigenvalue weighted by atomic mass is 10.4. The van der Waals surface area contributed by atoms with E-state index in [1.54, 1.807) is 12.1 Å². The van der Waals surface area contributed by atoms with Gasteiger partial charge in [-0.05, 0) is 25.1 Å². The van der Waals surface area contributed by atoms with E-state index in [1.807, 2.05) is 0 Å². The van der Waals surface area contributed by atoms with Gasteiger partial charge in [-0.1, -0.05) is 17.7 Å². The van der Waals surface area contributed by atoms with E-state index in [2.05, 4.69) is 0 Å². The van der Waals surface area contributed by atoms with Gasteiger partial charge in [-0.2, -0.15) is 0 Å². The summed E-state index contributed by atoms with van der Waals surface area (Å²) in [6.07, 6.45) is 0. The highest BCUT2D eigenvalue weighted by Gasteiger charge is 2.10. The Balaban J connectivity index is 3.21. The minimum atomic E-state index is -3.23. The fraction of sp³-hybridized carbons (Fsp3) is 0.125. The lowest BCUT2D eigenvalue weighted by Crippen LogP contribution is -1.98. The minimum absolute atomic E-state index is 0.234. The highest BCUT2D eigenvalue weighted by molar-refractivity contribution is 7.93. The Morgan fingerprint density at radius 1 is 1.42 bits per heavy atom. The first-order chi connectivity index (χ1) is 5.56. The Bertz CT molecular complexity index is 370. The number of sulfone groups is 1. The first-order valence-electron chi connectivity index (χ1n) is 3.36. The van der Waals surface area contributed by atoms with Crippen LogP contribution in [0.3, 0.4) is 0 Å². The molecule has 1 aromatic carbocycles. The van der Waals surface area contributed by atoms with E-state index >= 15 is 0 Å². The molecular formula is C8H8ClO2S. The van der Waals surface area contributed by atoms with Crippen molar-refractivity contribution in [1.82, 2.24) is 0 Å². The maximum atomic E-state index is 11.2. The predicted octanol–water partition coefficient (Wildman–Crippen LogP) is 2.30. The molecule has 0 saturated carbocycles. The average molecular weight is 204 g/mol. The fourth-order valence-corrected chi connectivity index (χ4v) is 1.87. The van der Waals surface area contributed by atoms with Crippen molar-refractivity contribution in [3.05, 3.63) is 35.0 Å². The molecule has 0 aromatic heterocycles. The summed E-state index contributed by atoms with van der Waals surface area (Å²) < 4.78 is 22.5. The maximum Gasteiger partial charge on any atom is 0.182 e. The molecule has 0 aliphatic heterocycles. The standard InChI is InChI=1S/C8H8ClO2S/c1-2-12(10,11)8-5-3-4-7(9)6-8/h2-6H,1H3. The molecule has 0 N–H and O–H groups in total. The topological polar surface area (TPSA) is 34.1 Å². The van der Waals surface area contributed by atoms with Crippen molar-refractivity contribution in [2.45, 2.75) is 11.8 Å². The predicted molar refractivity (Wildman–Crippen MR) is 48.6 cm³/mol. The van der Waals surface area contributed by atoms with E-state index in [0.717, 1.165) is 5.75 Å². The minimum Gasteiger partial charge on any atom is -0.223 e. The molecule has 0 atom stereocenters. The van der Waals surface area contributed by atoms with Crippen molar-refractivity contribution >= 4 is 21.4 Å². The van der Waals surface area contributed by atoms with Crippen LogP contribution in [0.25, 0.3) is 0 Å². The van der Waals surface area contributed by atoms with Crippen molar-refractivity contribution in [2.75, 3.05) is 0 Å². The van der Waals surface area contributed by atoms with Crippen LogP contribution >= 0.6 is 11.6 Å². The van der Waals surface area contributed by atoms with Crippen LogP contribution in [0, 0.1) is 5.75 Å². The van der Waals surface area contributed by atoms with Crippen LogP contribution in [0.15, 0.2) is 29.2 Å². The van der Waals surface area contributed by atoms with Gasteiger partial charge in [0.25, 0.3) is 0 Å². The molecule has 0 amide bonds. The third kappa shape index (κ3) is 1.99. The molecule has 0 heterocycles. The zero-order chi connectivity index (χ0) is 9.19. The molecule has 0 spiro atoms. The van der Waals surface area contributed by atoms with Crippen molar-refractivity contribution in [1.29, 1.82) is 0 Å². The lowest BCUT2D eigenvalue weighted by molar-refractivity contribution is 0.601. The van der Waals surface area contributed by atoms with Gasteiger partial charge >= 0.3 is 0 Å². The van der Waals surface area contributed by atoms with Crippen molar-refractivity contribution < 1.29 is 8.42 Å². The molecular weight excluding hydrogens is 196 g/mol. The van der Waals surface area contributed by atoms with E-state index in [-0.39, 0.29) is 4.90 Å². The first kappa shape index (κ1) is 9.55. The molecule has 12 heavy (non-hydrogen) atoms. The van der Waals surface area contributed by atoms with Crippen LogP contribution in [0.4, 0.5) is 0 Å². The molecule has 65 valence electrons. The number of hydrogen-bond donors (Lipinski definition) is 0. The molecule has 1 aromatic rings. The van der Waals surface area contributed by atoms with Gasteiger partial charge < -0.3 is 0 Å². The summed E-state index contributed by atoms with van der Waals surface area (Å²) in [5.74, 6) is 1.15. The van der Waals surface area contributed by atoms with Gasteiger partial charge in [0, 0.05) is 5.02 Å². The lowest BCUT2D eigenvalue weighted by Gasteiger charge is -1.99. The molecule has 0 fully saturated rings. The summed E-state index contributed by atoms with van der Waals surface area (Å²) in [5, 5.41) is 0.429. The summed E-state index contributed by atoms with van der Waals surface area (Å²) in [4.78, 5) is 0.234. The van der Waals surface area contributed by atoms with E-state index in [4.69, 9.17) is 11.6 Å². The molecule has 1 rings (SSSR count). The highest BCUT2D eigenvalue weighted by atomic mass is 35.5.